The number of piperidine rings is 2. The first kappa shape index (κ1) is 14.8. The van der Waals surface area contributed by atoms with Gasteiger partial charge in [0.2, 0.25) is 0 Å². The van der Waals surface area contributed by atoms with Gasteiger partial charge in [-0.2, -0.15) is 0 Å². The summed E-state index contributed by atoms with van der Waals surface area (Å²) in [7, 11) is 2.32. The van der Waals surface area contributed by atoms with E-state index in [0.717, 1.165) is 24.4 Å². The number of rotatable bonds is 4. The van der Waals surface area contributed by atoms with Gasteiger partial charge in [0.25, 0.3) is 0 Å². The third kappa shape index (κ3) is 2.77. The van der Waals surface area contributed by atoms with Crippen LogP contribution in [0.2, 0.25) is 0 Å². The zero-order chi connectivity index (χ0) is 14.2. The van der Waals surface area contributed by atoms with Crippen molar-refractivity contribution in [3.05, 3.63) is 0 Å². The molecule has 0 bridgehead atoms. The van der Waals surface area contributed by atoms with Gasteiger partial charge in [0, 0.05) is 31.2 Å². The minimum atomic E-state index is 0.256. The number of fused-ring (bicyclic) bond motifs is 1. The molecule has 0 radical (unpaired) electrons. The molecule has 3 rings (SSSR count). The van der Waals surface area contributed by atoms with Crippen molar-refractivity contribution in [1.29, 1.82) is 0 Å². The molecule has 0 amide bonds. The lowest BCUT2D eigenvalue weighted by Gasteiger charge is -2.52. The van der Waals surface area contributed by atoms with Crippen molar-refractivity contribution in [3.63, 3.8) is 0 Å². The van der Waals surface area contributed by atoms with Crippen molar-refractivity contribution in [2.75, 3.05) is 33.2 Å². The van der Waals surface area contributed by atoms with Gasteiger partial charge in [-0.25, -0.2) is 0 Å². The molecule has 0 aromatic rings. The van der Waals surface area contributed by atoms with Gasteiger partial charge in [-0.05, 0) is 58.0 Å². The van der Waals surface area contributed by atoms with Crippen LogP contribution in [0.5, 0.6) is 0 Å². The van der Waals surface area contributed by atoms with E-state index in [2.05, 4.69) is 23.8 Å². The molecule has 3 heteroatoms. The number of nitrogens with zero attached hydrogens (tertiary/aromatic N) is 2. The van der Waals surface area contributed by atoms with Crippen LogP contribution in [-0.2, 0) is 0 Å². The van der Waals surface area contributed by atoms with Gasteiger partial charge >= 0.3 is 0 Å². The van der Waals surface area contributed by atoms with Crippen LogP contribution in [0.1, 0.15) is 51.9 Å². The summed E-state index contributed by atoms with van der Waals surface area (Å²) in [5.74, 6) is 1.84. The van der Waals surface area contributed by atoms with Crippen molar-refractivity contribution in [2.45, 2.75) is 63.5 Å². The highest BCUT2D eigenvalue weighted by molar-refractivity contribution is 4.97. The quantitative estimate of drug-likeness (QED) is 0.857. The predicted octanol–water partition coefficient (Wildman–Crippen LogP) is 2.31. The second-order valence-corrected chi connectivity index (χ2v) is 7.89. The molecule has 0 aromatic heterocycles. The molecular weight excluding hydrogens is 246 g/mol. The summed E-state index contributed by atoms with van der Waals surface area (Å²) in [5, 5.41) is 0. The summed E-state index contributed by atoms with van der Waals surface area (Å²) < 4.78 is 0. The fourth-order valence-electron chi connectivity index (χ4n) is 4.80. The highest BCUT2D eigenvalue weighted by atomic mass is 15.2. The Morgan fingerprint density at radius 1 is 1.10 bits per heavy atom. The van der Waals surface area contributed by atoms with E-state index in [4.69, 9.17) is 5.73 Å². The van der Waals surface area contributed by atoms with E-state index in [9.17, 15) is 0 Å². The van der Waals surface area contributed by atoms with Crippen molar-refractivity contribution < 1.29 is 0 Å². The minimum Gasteiger partial charge on any atom is -0.329 e. The molecule has 116 valence electrons. The summed E-state index contributed by atoms with van der Waals surface area (Å²) in [6, 6.07) is 0.839. The van der Waals surface area contributed by atoms with E-state index in [1.54, 1.807) is 0 Å². The molecular formula is C17H33N3. The first-order valence-electron chi connectivity index (χ1n) is 8.78. The minimum absolute atomic E-state index is 0.256. The number of hydrogen-bond acceptors (Lipinski definition) is 3. The van der Waals surface area contributed by atoms with Crippen LogP contribution in [0.4, 0.5) is 0 Å². The van der Waals surface area contributed by atoms with Crippen molar-refractivity contribution in [1.82, 2.24) is 9.80 Å². The molecule has 2 aliphatic heterocycles. The number of likely N-dealkylation sites (tertiary alicyclic amines) is 2. The Morgan fingerprint density at radius 3 is 2.55 bits per heavy atom. The van der Waals surface area contributed by atoms with Crippen LogP contribution >= 0.6 is 0 Å². The lowest BCUT2D eigenvalue weighted by Crippen LogP contribution is -2.61. The molecule has 0 aromatic carbocycles. The average Bonchev–Trinajstić information content (AvgIpc) is 2.42. The summed E-state index contributed by atoms with van der Waals surface area (Å²) in [4.78, 5) is 5.36. The van der Waals surface area contributed by atoms with Crippen molar-refractivity contribution in [3.8, 4) is 0 Å². The molecule has 3 nitrogen and oxygen atoms in total. The molecule has 3 fully saturated rings. The van der Waals surface area contributed by atoms with E-state index in [1.165, 1.54) is 64.6 Å². The van der Waals surface area contributed by atoms with Crippen LogP contribution in [-0.4, -0.2) is 54.6 Å². The van der Waals surface area contributed by atoms with E-state index >= 15 is 0 Å². The Balaban J connectivity index is 1.64. The Labute approximate surface area is 124 Å². The first-order valence-corrected chi connectivity index (χ1v) is 8.78. The maximum Gasteiger partial charge on any atom is 0.0306 e. The molecule has 2 heterocycles. The Bertz CT molecular complexity index is 328. The predicted molar refractivity (Wildman–Crippen MR) is 84.7 cm³/mol. The topological polar surface area (TPSA) is 32.5 Å². The van der Waals surface area contributed by atoms with Crippen molar-refractivity contribution >= 4 is 0 Å². The third-order valence-corrected chi connectivity index (χ3v) is 6.50. The zero-order valence-corrected chi connectivity index (χ0v) is 13.5. The summed E-state index contributed by atoms with van der Waals surface area (Å²) in [6.45, 7) is 7.10. The van der Waals surface area contributed by atoms with Gasteiger partial charge in [-0.1, -0.05) is 19.3 Å². The fraction of sp³-hybridized carbons (Fsp3) is 1.00. The van der Waals surface area contributed by atoms with Crippen LogP contribution in [0.15, 0.2) is 0 Å². The number of hydrogen-bond donors (Lipinski definition) is 1. The fourth-order valence-corrected chi connectivity index (χ4v) is 4.80. The lowest BCUT2D eigenvalue weighted by molar-refractivity contribution is -0.0205. The van der Waals surface area contributed by atoms with Gasteiger partial charge in [0.05, 0.1) is 0 Å². The monoisotopic (exact) mass is 279 g/mol. The normalized spacial score (nSPS) is 36.1. The smallest absolute Gasteiger partial charge is 0.0306 e. The molecule has 3 aliphatic rings. The largest absolute Gasteiger partial charge is 0.329 e. The van der Waals surface area contributed by atoms with E-state index in [-0.39, 0.29) is 5.54 Å². The molecule has 3 atom stereocenters. The third-order valence-electron chi connectivity index (χ3n) is 6.50. The van der Waals surface area contributed by atoms with Crippen LogP contribution in [0.25, 0.3) is 0 Å². The molecule has 0 spiro atoms. The average molecular weight is 279 g/mol. The van der Waals surface area contributed by atoms with Gasteiger partial charge in [0.1, 0.15) is 0 Å². The molecule has 20 heavy (non-hydrogen) atoms. The van der Waals surface area contributed by atoms with E-state index in [1.807, 2.05) is 0 Å². The van der Waals surface area contributed by atoms with Crippen LogP contribution < -0.4 is 5.73 Å². The van der Waals surface area contributed by atoms with Gasteiger partial charge in [-0.3, -0.25) is 4.90 Å². The van der Waals surface area contributed by atoms with E-state index < -0.39 is 0 Å². The second-order valence-electron chi connectivity index (χ2n) is 7.89. The van der Waals surface area contributed by atoms with Gasteiger partial charge in [-0.15, -0.1) is 0 Å². The first-order chi connectivity index (χ1) is 9.62. The molecule has 3 unspecified atom stereocenters. The van der Waals surface area contributed by atoms with Crippen LogP contribution in [0, 0.1) is 11.8 Å². The summed E-state index contributed by atoms with van der Waals surface area (Å²) >= 11 is 0. The Morgan fingerprint density at radius 2 is 1.90 bits per heavy atom. The molecule has 1 aliphatic carbocycles. The van der Waals surface area contributed by atoms with Gasteiger partial charge in [0.15, 0.2) is 0 Å². The Kier molecular flexibility index (Phi) is 4.40. The molecule has 2 N–H and O–H groups in total. The maximum absolute atomic E-state index is 6.21. The van der Waals surface area contributed by atoms with Gasteiger partial charge < -0.3 is 10.6 Å². The van der Waals surface area contributed by atoms with E-state index in [0.29, 0.717) is 0 Å². The highest BCUT2D eigenvalue weighted by Gasteiger charge is 2.41. The maximum atomic E-state index is 6.21. The standard InChI is InChI=1S/C17H33N3/c1-17(13-18,11-14-5-3-6-14)20-10-8-16-15(12-20)7-4-9-19(16)2/h14-16H,3-13,18H2,1-2H3. The zero-order valence-electron chi connectivity index (χ0n) is 13.5. The summed E-state index contributed by atoms with van der Waals surface area (Å²) in [5.41, 5.74) is 6.46. The molecule has 1 saturated carbocycles. The molecule has 2 saturated heterocycles. The lowest BCUT2D eigenvalue weighted by atomic mass is 9.74. The van der Waals surface area contributed by atoms with Crippen molar-refractivity contribution in [2.24, 2.45) is 17.6 Å². The Hall–Kier alpha value is -0.120. The highest BCUT2D eigenvalue weighted by Crippen LogP contribution is 2.38. The van der Waals surface area contributed by atoms with Crippen LogP contribution in [0.3, 0.4) is 0 Å². The number of nitrogens with two attached hydrogens (primary N) is 1. The SMILES string of the molecule is CN1CCCC2CN(C(C)(CN)CC3CCC3)CCC21. The summed E-state index contributed by atoms with van der Waals surface area (Å²) in [6.07, 6.45) is 9.82. The second kappa shape index (κ2) is 5.94.